The molecule has 0 aliphatic carbocycles. The number of hydrogen-bond donors (Lipinski definition) is 2. The summed E-state index contributed by atoms with van der Waals surface area (Å²) in [6, 6.07) is 10.3. The molecular formula is C16H24N2O2. The third-order valence-corrected chi connectivity index (χ3v) is 3.73. The molecule has 110 valence electrons. The number of aliphatic hydroxyl groups is 1. The van der Waals surface area contributed by atoms with Gasteiger partial charge in [-0.2, -0.15) is 0 Å². The summed E-state index contributed by atoms with van der Waals surface area (Å²) in [7, 11) is 0. The maximum atomic E-state index is 11.8. The lowest BCUT2D eigenvalue weighted by Crippen LogP contribution is -2.42. The van der Waals surface area contributed by atoms with Crippen LogP contribution in [-0.4, -0.2) is 48.2 Å². The number of carbonyl (C=O) groups is 1. The first kappa shape index (κ1) is 15.0. The molecule has 1 aromatic rings. The molecule has 2 N–H and O–H groups in total. The van der Waals surface area contributed by atoms with E-state index in [0.717, 1.165) is 45.3 Å². The molecule has 1 saturated heterocycles. The number of carbonyl (C=O) groups excluding carboxylic acids is 1. The maximum absolute atomic E-state index is 11.8. The van der Waals surface area contributed by atoms with Crippen LogP contribution < -0.4 is 5.32 Å². The first-order valence-electron chi connectivity index (χ1n) is 7.45. The third kappa shape index (κ3) is 5.31. The number of amides is 1. The van der Waals surface area contributed by atoms with E-state index in [1.807, 2.05) is 18.2 Å². The number of likely N-dealkylation sites (tertiary alicyclic amines) is 1. The van der Waals surface area contributed by atoms with Crippen molar-refractivity contribution in [3.8, 4) is 0 Å². The van der Waals surface area contributed by atoms with E-state index in [0.29, 0.717) is 6.54 Å². The van der Waals surface area contributed by atoms with Crippen LogP contribution in [0.25, 0.3) is 0 Å². The van der Waals surface area contributed by atoms with E-state index in [4.69, 9.17) is 0 Å². The zero-order chi connectivity index (χ0) is 14.2. The van der Waals surface area contributed by atoms with Crippen LogP contribution >= 0.6 is 0 Å². The number of hydrogen-bond acceptors (Lipinski definition) is 3. The van der Waals surface area contributed by atoms with Crippen LogP contribution in [0.3, 0.4) is 0 Å². The second kappa shape index (κ2) is 8.02. The minimum absolute atomic E-state index is 0.0921. The van der Waals surface area contributed by atoms with Gasteiger partial charge in [0.25, 0.3) is 0 Å². The number of nitrogens with one attached hydrogen (secondary N) is 1. The Labute approximate surface area is 120 Å². The highest BCUT2D eigenvalue weighted by molar-refractivity contribution is 5.77. The van der Waals surface area contributed by atoms with Crippen molar-refractivity contribution < 1.29 is 9.90 Å². The molecule has 20 heavy (non-hydrogen) atoms. The van der Waals surface area contributed by atoms with E-state index >= 15 is 0 Å². The lowest BCUT2D eigenvalue weighted by Gasteiger charge is -2.28. The second-order valence-corrected chi connectivity index (χ2v) is 5.45. The quantitative estimate of drug-likeness (QED) is 0.768. The highest BCUT2D eigenvalue weighted by atomic mass is 16.3. The molecule has 1 aromatic carbocycles. The molecule has 0 atom stereocenters. The Balaban J connectivity index is 1.56. The zero-order valence-electron chi connectivity index (χ0n) is 11.9. The van der Waals surface area contributed by atoms with Gasteiger partial charge in [0.2, 0.25) is 5.91 Å². The van der Waals surface area contributed by atoms with Crippen molar-refractivity contribution >= 4 is 5.91 Å². The standard InChI is InChI=1S/C16H24N2O2/c19-15-8-11-18(12-9-15)13-16(20)17-10-4-7-14-5-2-1-3-6-14/h1-3,5-6,15,19H,4,7-13H2,(H,17,20). The Morgan fingerprint density at radius 3 is 2.65 bits per heavy atom. The van der Waals surface area contributed by atoms with Crippen molar-refractivity contribution in [2.75, 3.05) is 26.2 Å². The molecular weight excluding hydrogens is 252 g/mol. The van der Waals surface area contributed by atoms with Crippen LogP contribution in [-0.2, 0) is 11.2 Å². The molecule has 0 unspecified atom stereocenters. The largest absolute Gasteiger partial charge is 0.393 e. The molecule has 1 aliphatic rings. The summed E-state index contributed by atoms with van der Waals surface area (Å²) in [5, 5.41) is 12.4. The number of piperidine rings is 1. The van der Waals surface area contributed by atoms with Crippen molar-refractivity contribution in [2.45, 2.75) is 31.8 Å². The van der Waals surface area contributed by atoms with Gasteiger partial charge in [-0.25, -0.2) is 0 Å². The van der Waals surface area contributed by atoms with Crippen LogP contribution in [0.2, 0.25) is 0 Å². The summed E-state index contributed by atoms with van der Waals surface area (Å²) < 4.78 is 0. The first-order valence-corrected chi connectivity index (χ1v) is 7.45. The van der Waals surface area contributed by atoms with Gasteiger partial charge >= 0.3 is 0 Å². The topological polar surface area (TPSA) is 52.6 Å². The van der Waals surface area contributed by atoms with Crippen LogP contribution in [0.4, 0.5) is 0 Å². The normalized spacial score (nSPS) is 17.1. The van der Waals surface area contributed by atoms with E-state index in [2.05, 4.69) is 22.3 Å². The average molecular weight is 276 g/mol. The smallest absolute Gasteiger partial charge is 0.234 e. The van der Waals surface area contributed by atoms with Gasteiger partial charge in [0.05, 0.1) is 12.6 Å². The molecule has 1 amide bonds. The van der Waals surface area contributed by atoms with Crippen LogP contribution in [0.5, 0.6) is 0 Å². The summed E-state index contributed by atoms with van der Waals surface area (Å²) in [5.74, 6) is 0.0921. The predicted molar refractivity (Wildman–Crippen MR) is 79.5 cm³/mol. The monoisotopic (exact) mass is 276 g/mol. The van der Waals surface area contributed by atoms with Gasteiger partial charge in [0.1, 0.15) is 0 Å². The van der Waals surface area contributed by atoms with Gasteiger partial charge in [-0.15, -0.1) is 0 Å². The highest BCUT2D eigenvalue weighted by Crippen LogP contribution is 2.09. The fraction of sp³-hybridized carbons (Fsp3) is 0.562. The summed E-state index contributed by atoms with van der Waals surface area (Å²) in [6.45, 7) is 2.82. The first-order chi connectivity index (χ1) is 9.74. The Morgan fingerprint density at radius 2 is 1.95 bits per heavy atom. The third-order valence-electron chi connectivity index (χ3n) is 3.73. The summed E-state index contributed by atoms with van der Waals surface area (Å²) in [6.07, 6.45) is 3.34. The Morgan fingerprint density at radius 1 is 1.25 bits per heavy atom. The SMILES string of the molecule is O=C(CN1CCC(O)CC1)NCCCc1ccccc1. The van der Waals surface area contributed by atoms with Crippen LogP contribution in [0, 0.1) is 0 Å². The molecule has 2 rings (SSSR count). The fourth-order valence-electron chi connectivity index (χ4n) is 2.50. The molecule has 0 radical (unpaired) electrons. The van der Waals surface area contributed by atoms with Crippen molar-refractivity contribution in [3.63, 3.8) is 0 Å². The number of aryl methyl sites for hydroxylation is 1. The lowest BCUT2D eigenvalue weighted by atomic mass is 10.1. The summed E-state index contributed by atoms with van der Waals surface area (Å²) in [4.78, 5) is 13.9. The van der Waals surface area contributed by atoms with E-state index in [-0.39, 0.29) is 12.0 Å². The molecule has 4 heteroatoms. The molecule has 1 aliphatic heterocycles. The lowest BCUT2D eigenvalue weighted by molar-refractivity contribution is -0.122. The van der Waals surface area contributed by atoms with E-state index in [1.54, 1.807) is 0 Å². The van der Waals surface area contributed by atoms with Crippen LogP contribution in [0.15, 0.2) is 30.3 Å². The number of nitrogens with zero attached hydrogens (tertiary/aromatic N) is 1. The van der Waals surface area contributed by atoms with Crippen LogP contribution in [0.1, 0.15) is 24.8 Å². The molecule has 0 bridgehead atoms. The van der Waals surface area contributed by atoms with Gasteiger partial charge in [-0.05, 0) is 31.2 Å². The molecule has 4 nitrogen and oxygen atoms in total. The number of rotatable bonds is 6. The van der Waals surface area contributed by atoms with E-state index in [1.165, 1.54) is 5.56 Å². The average Bonchev–Trinajstić information content (AvgIpc) is 2.47. The molecule has 0 aromatic heterocycles. The Kier molecular flexibility index (Phi) is 6.02. The van der Waals surface area contributed by atoms with Crippen molar-refractivity contribution in [2.24, 2.45) is 0 Å². The second-order valence-electron chi connectivity index (χ2n) is 5.45. The van der Waals surface area contributed by atoms with Gasteiger partial charge in [-0.3, -0.25) is 9.69 Å². The minimum Gasteiger partial charge on any atom is -0.393 e. The summed E-state index contributed by atoms with van der Waals surface area (Å²) >= 11 is 0. The van der Waals surface area contributed by atoms with E-state index < -0.39 is 0 Å². The van der Waals surface area contributed by atoms with Gasteiger partial charge in [0, 0.05) is 19.6 Å². The van der Waals surface area contributed by atoms with Crippen molar-refractivity contribution in [1.29, 1.82) is 0 Å². The van der Waals surface area contributed by atoms with Gasteiger partial charge < -0.3 is 10.4 Å². The fourth-order valence-corrected chi connectivity index (χ4v) is 2.50. The Bertz CT molecular complexity index is 400. The maximum Gasteiger partial charge on any atom is 0.234 e. The van der Waals surface area contributed by atoms with Crippen molar-refractivity contribution in [1.82, 2.24) is 10.2 Å². The number of aliphatic hydroxyl groups excluding tert-OH is 1. The minimum atomic E-state index is -0.180. The van der Waals surface area contributed by atoms with Gasteiger partial charge in [-0.1, -0.05) is 30.3 Å². The van der Waals surface area contributed by atoms with E-state index in [9.17, 15) is 9.90 Å². The molecule has 1 heterocycles. The predicted octanol–water partition coefficient (Wildman–Crippen LogP) is 1.19. The van der Waals surface area contributed by atoms with Crippen molar-refractivity contribution in [3.05, 3.63) is 35.9 Å². The zero-order valence-corrected chi connectivity index (χ0v) is 11.9. The van der Waals surface area contributed by atoms with Gasteiger partial charge in [0.15, 0.2) is 0 Å². The number of benzene rings is 1. The highest BCUT2D eigenvalue weighted by Gasteiger charge is 2.18. The molecule has 0 saturated carbocycles. The molecule has 0 spiro atoms. The Hall–Kier alpha value is -1.39. The summed E-state index contributed by atoms with van der Waals surface area (Å²) in [5.41, 5.74) is 1.31. The molecule has 1 fully saturated rings.